The van der Waals surface area contributed by atoms with Crippen molar-refractivity contribution < 1.29 is 0 Å². The van der Waals surface area contributed by atoms with E-state index in [9.17, 15) is 0 Å². The molecule has 0 fully saturated rings. The smallest absolute Gasteiger partial charge is 0.191 e. The van der Waals surface area contributed by atoms with Crippen molar-refractivity contribution in [1.82, 2.24) is 10.6 Å². The molecule has 1 aromatic heterocycles. The Balaban J connectivity index is 0.00000220. The lowest BCUT2D eigenvalue weighted by atomic mass is 10.1. The molecule has 21 heavy (non-hydrogen) atoms. The van der Waals surface area contributed by atoms with Crippen molar-refractivity contribution in [2.24, 2.45) is 4.99 Å². The molecule has 114 valence electrons. The molecule has 0 spiro atoms. The van der Waals surface area contributed by atoms with Crippen LogP contribution in [0.2, 0.25) is 0 Å². The molecule has 0 amide bonds. The van der Waals surface area contributed by atoms with E-state index in [4.69, 9.17) is 0 Å². The molecule has 3 nitrogen and oxygen atoms in total. The van der Waals surface area contributed by atoms with Gasteiger partial charge in [-0.05, 0) is 29.0 Å². The zero-order valence-electron chi connectivity index (χ0n) is 12.4. The number of rotatable bonds is 5. The van der Waals surface area contributed by atoms with Crippen molar-refractivity contribution >= 4 is 41.3 Å². The van der Waals surface area contributed by atoms with Crippen LogP contribution in [0, 0.1) is 0 Å². The standard InChI is InChI=1S/C16H21N3S.HI/c1-3-13-7-4-5-8-14(13)11-18-16(17-2)19-12-15-9-6-10-20-15;/h4-10H,3,11-12H2,1-2H3,(H2,17,18,19);1H. The molecule has 0 unspecified atom stereocenters. The van der Waals surface area contributed by atoms with Crippen molar-refractivity contribution in [3.05, 3.63) is 57.8 Å². The number of hydrogen-bond acceptors (Lipinski definition) is 2. The molecule has 5 heteroatoms. The zero-order valence-corrected chi connectivity index (χ0v) is 15.6. The quantitative estimate of drug-likeness (QED) is 0.443. The molecular formula is C16H22IN3S. The van der Waals surface area contributed by atoms with Gasteiger partial charge in [0.25, 0.3) is 0 Å². The predicted octanol–water partition coefficient (Wildman–Crippen LogP) is 3.79. The van der Waals surface area contributed by atoms with Gasteiger partial charge in [-0.1, -0.05) is 37.3 Å². The molecule has 0 aliphatic heterocycles. The molecule has 0 radical (unpaired) electrons. The number of guanidine groups is 1. The van der Waals surface area contributed by atoms with Crippen LogP contribution < -0.4 is 10.6 Å². The van der Waals surface area contributed by atoms with Gasteiger partial charge in [0.15, 0.2) is 5.96 Å². The van der Waals surface area contributed by atoms with Gasteiger partial charge in [0.1, 0.15) is 0 Å². The van der Waals surface area contributed by atoms with E-state index in [1.165, 1.54) is 16.0 Å². The lowest BCUT2D eigenvalue weighted by molar-refractivity contribution is 0.808. The Morgan fingerprint density at radius 3 is 2.38 bits per heavy atom. The molecule has 0 atom stereocenters. The monoisotopic (exact) mass is 415 g/mol. The summed E-state index contributed by atoms with van der Waals surface area (Å²) in [5, 5.41) is 8.78. The number of benzene rings is 1. The van der Waals surface area contributed by atoms with E-state index in [2.05, 4.69) is 64.3 Å². The fourth-order valence-electron chi connectivity index (χ4n) is 2.06. The van der Waals surface area contributed by atoms with Crippen molar-refractivity contribution in [2.45, 2.75) is 26.4 Å². The van der Waals surface area contributed by atoms with Gasteiger partial charge in [0.2, 0.25) is 0 Å². The maximum atomic E-state index is 4.26. The van der Waals surface area contributed by atoms with Gasteiger partial charge < -0.3 is 10.6 Å². The Morgan fingerprint density at radius 2 is 1.76 bits per heavy atom. The van der Waals surface area contributed by atoms with Gasteiger partial charge in [0.05, 0.1) is 6.54 Å². The summed E-state index contributed by atoms with van der Waals surface area (Å²) < 4.78 is 0. The summed E-state index contributed by atoms with van der Waals surface area (Å²) in [6.07, 6.45) is 1.05. The van der Waals surface area contributed by atoms with Crippen molar-refractivity contribution in [3.63, 3.8) is 0 Å². The Morgan fingerprint density at radius 1 is 1.05 bits per heavy atom. The van der Waals surface area contributed by atoms with E-state index >= 15 is 0 Å². The number of thiophene rings is 1. The van der Waals surface area contributed by atoms with Gasteiger partial charge in [-0.3, -0.25) is 4.99 Å². The number of halogens is 1. The topological polar surface area (TPSA) is 36.4 Å². The van der Waals surface area contributed by atoms with Crippen LogP contribution in [0.15, 0.2) is 46.8 Å². The van der Waals surface area contributed by atoms with Crippen LogP contribution in [0.4, 0.5) is 0 Å². The lowest BCUT2D eigenvalue weighted by Crippen LogP contribution is -2.36. The van der Waals surface area contributed by atoms with Gasteiger partial charge in [-0.15, -0.1) is 35.3 Å². The van der Waals surface area contributed by atoms with E-state index in [1.54, 1.807) is 18.4 Å². The molecule has 0 aliphatic carbocycles. The van der Waals surface area contributed by atoms with E-state index in [1.807, 2.05) is 0 Å². The first-order chi connectivity index (χ1) is 9.83. The maximum absolute atomic E-state index is 4.26. The van der Waals surface area contributed by atoms with Crippen molar-refractivity contribution in [2.75, 3.05) is 7.05 Å². The largest absolute Gasteiger partial charge is 0.352 e. The third-order valence-electron chi connectivity index (χ3n) is 3.18. The van der Waals surface area contributed by atoms with Gasteiger partial charge in [-0.25, -0.2) is 0 Å². The van der Waals surface area contributed by atoms with E-state index < -0.39 is 0 Å². The lowest BCUT2D eigenvalue weighted by Gasteiger charge is -2.13. The number of aliphatic imine (C=N–C) groups is 1. The maximum Gasteiger partial charge on any atom is 0.191 e. The summed E-state index contributed by atoms with van der Waals surface area (Å²) in [5.74, 6) is 0.837. The Kier molecular flexibility index (Phi) is 8.37. The summed E-state index contributed by atoms with van der Waals surface area (Å²) in [5.41, 5.74) is 2.71. The summed E-state index contributed by atoms with van der Waals surface area (Å²) >= 11 is 1.75. The third-order valence-corrected chi connectivity index (χ3v) is 4.06. The number of nitrogens with one attached hydrogen (secondary N) is 2. The summed E-state index contributed by atoms with van der Waals surface area (Å²) in [6, 6.07) is 12.7. The predicted molar refractivity (Wildman–Crippen MR) is 103 cm³/mol. The minimum atomic E-state index is 0. The molecule has 0 saturated heterocycles. The second-order valence-corrected chi connectivity index (χ2v) is 5.51. The summed E-state index contributed by atoms with van der Waals surface area (Å²) in [4.78, 5) is 5.56. The Bertz CT molecular complexity index is 552. The first-order valence-electron chi connectivity index (χ1n) is 6.87. The van der Waals surface area contributed by atoms with E-state index in [-0.39, 0.29) is 24.0 Å². The Hall–Kier alpha value is -1.08. The number of aryl methyl sites for hydroxylation is 1. The second-order valence-electron chi connectivity index (χ2n) is 4.48. The fraction of sp³-hybridized carbons (Fsp3) is 0.312. The van der Waals surface area contributed by atoms with Crippen LogP contribution in [-0.2, 0) is 19.5 Å². The molecular weight excluding hydrogens is 393 g/mol. The molecule has 0 aliphatic rings. The first-order valence-corrected chi connectivity index (χ1v) is 7.75. The van der Waals surface area contributed by atoms with Crippen LogP contribution in [0.25, 0.3) is 0 Å². The van der Waals surface area contributed by atoms with E-state index in [0.29, 0.717) is 0 Å². The number of hydrogen-bond donors (Lipinski definition) is 2. The van der Waals surface area contributed by atoms with Gasteiger partial charge >= 0.3 is 0 Å². The molecule has 1 aromatic carbocycles. The zero-order chi connectivity index (χ0) is 14.2. The molecule has 2 N–H and O–H groups in total. The van der Waals surface area contributed by atoms with Crippen LogP contribution in [0.1, 0.15) is 22.9 Å². The van der Waals surface area contributed by atoms with Crippen LogP contribution in [0.5, 0.6) is 0 Å². The highest BCUT2D eigenvalue weighted by Crippen LogP contribution is 2.09. The third kappa shape index (κ3) is 5.67. The summed E-state index contributed by atoms with van der Waals surface area (Å²) in [6.45, 7) is 3.80. The normalized spacial score (nSPS) is 10.9. The Labute approximate surface area is 147 Å². The van der Waals surface area contributed by atoms with E-state index in [0.717, 1.165) is 25.5 Å². The van der Waals surface area contributed by atoms with Crippen molar-refractivity contribution in [1.29, 1.82) is 0 Å². The van der Waals surface area contributed by atoms with Crippen molar-refractivity contribution in [3.8, 4) is 0 Å². The minimum Gasteiger partial charge on any atom is -0.352 e. The van der Waals surface area contributed by atoms with Gasteiger partial charge in [0, 0.05) is 18.5 Å². The second kappa shape index (κ2) is 9.78. The molecule has 2 aromatic rings. The highest BCUT2D eigenvalue weighted by molar-refractivity contribution is 14.0. The van der Waals surface area contributed by atoms with Crippen LogP contribution >= 0.6 is 35.3 Å². The molecule has 0 saturated carbocycles. The molecule has 1 heterocycles. The molecule has 2 rings (SSSR count). The van der Waals surface area contributed by atoms with Crippen LogP contribution in [-0.4, -0.2) is 13.0 Å². The van der Waals surface area contributed by atoms with Gasteiger partial charge in [-0.2, -0.15) is 0 Å². The SMILES string of the molecule is CCc1ccccc1CNC(=NC)NCc1cccs1.I. The first kappa shape index (κ1) is 18.0. The fourth-order valence-corrected chi connectivity index (χ4v) is 2.70. The highest BCUT2D eigenvalue weighted by Gasteiger charge is 2.02. The highest BCUT2D eigenvalue weighted by atomic mass is 127. The summed E-state index contributed by atoms with van der Waals surface area (Å²) in [7, 11) is 1.80. The number of nitrogens with zero attached hydrogens (tertiary/aromatic N) is 1. The average molecular weight is 415 g/mol. The minimum absolute atomic E-state index is 0. The average Bonchev–Trinajstić information content (AvgIpc) is 3.01. The van der Waals surface area contributed by atoms with Crippen LogP contribution in [0.3, 0.4) is 0 Å². The molecule has 0 bridgehead atoms.